The number of nitro benzene ring substituents is 1. The highest BCUT2D eigenvalue weighted by Crippen LogP contribution is 2.24. The van der Waals surface area contributed by atoms with Crippen molar-refractivity contribution in [3.63, 3.8) is 0 Å². The minimum absolute atomic E-state index is 0.0517. The Kier molecular flexibility index (Phi) is 5.63. The van der Waals surface area contributed by atoms with Crippen molar-refractivity contribution in [3.05, 3.63) is 75.7 Å². The van der Waals surface area contributed by atoms with E-state index in [1.165, 1.54) is 6.92 Å². The first-order chi connectivity index (χ1) is 13.9. The molecule has 0 radical (unpaired) electrons. The topological polar surface area (TPSA) is 135 Å². The molecule has 0 aliphatic heterocycles. The molecule has 2 aromatic carbocycles. The van der Waals surface area contributed by atoms with Crippen LogP contribution in [0.25, 0.3) is 11.5 Å². The van der Waals surface area contributed by atoms with Crippen molar-refractivity contribution in [3.8, 4) is 11.5 Å². The van der Waals surface area contributed by atoms with Gasteiger partial charge in [0.25, 0.3) is 11.6 Å². The summed E-state index contributed by atoms with van der Waals surface area (Å²) in [5, 5.41) is 18.9. The van der Waals surface area contributed by atoms with Crippen LogP contribution in [0.3, 0.4) is 0 Å². The predicted molar refractivity (Wildman–Crippen MR) is 98.0 cm³/mol. The van der Waals surface area contributed by atoms with Crippen molar-refractivity contribution in [2.24, 2.45) is 0 Å². The molecule has 0 amide bonds. The monoisotopic (exact) mass is 397 g/mol. The summed E-state index contributed by atoms with van der Waals surface area (Å²) >= 11 is 0. The number of hydrogen-bond donors (Lipinski definition) is 0. The van der Waals surface area contributed by atoms with Gasteiger partial charge in [-0.15, -0.1) is 10.2 Å². The minimum Gasteiger partial charge on any atom is -0.465 e. The van der Waals surface area contributed by atoms with Crippen LogP contribution in [0.2, 0.25) is 0 Å². The highest BCUT2D eigenvalue weighted by molar-refractivity contribution is 5.96. The van der Waals surface area contributed by atoms with Gasteiger partial charge in [-0.3, -0.25) is 10.1 Å². The van der Waals surface area contributed by atoms with E-state index in [2.05, 4.69) is 14.9 Å². The number of methoxy groups -OCH3 is 1. The molecule has 0 aliphatic rings. The lowest BCUT2D eigenvalue weighted by Crippen LogP contribution is -2.12. The second-order valence-corrected chi connectivity index (χ2v) is 5.88. The maximum absolute atomic E-state index is 12.5. The van der Waals surface area contributed by atoms with Gasteiger partial charge in [0.05, 0.1) is 23.2 Å². The Bertz CT molecular complexity index is 1060. The first-order valence-corrected chi connectivity index (χ1v) is 8.36. The van der Waals surface area contributed by atoms with Gasteiger partial charge in [-0.2, -0.15) is 0 Å². The summed E-state index contributed by atoms with van der Waals surface area (Å²) < 4.78 is 15.3. The lowest BCUT2D eigenvalue weighted by Gasteiger charge is -2.10. The standard InChI is InChI=1S/C19H15N3O7/c1-11(16-20-21-17(29-16)12-6-4-3-5-7-12)28-19(24)14-8-13(18(23)27-2)9-15(10-14)22(25)26/h3-11H,1-2H3/t11-/m1/s1. The van der Waals surface area contributed by atoms with Crippen LogP contribution in [-0.2, 0) is 9.47 Å². The van der Waals surface area contributed by atoms with Gasteiger partial charge >= 0.3 is 11.9 Å². The lowest BCUT2D eigenvalue weighted by atomic mass is 10.1. The summed E-state index contributed by atoms with van der Waals surface area (Å²) in [5.74, 6) is -1.41. The zero-order valence-electron chi connectivity index (χ0n) is 15.4. The number of carbonyl (C=O) groups excluding carboxylic acids is 2. The first-order valence-electron chi connectivity index (χ1n) is 8.36. The third-order valence-electron chi connectivity index (χ3n) is 3.88. The Morgan fingerprint density at radius 1 is 1.07 bits per heavy atom. The Morgan fingerprint density at radius 2 is 1.72 bits per heavy atom. The fourth-order valence-electron chi connectivity index (χ4n) is 2.45. The fourth-order valence-corrected chi connectivity index (χ4v) is 2.45. The van der Waals surface area contributed by atoms with E-state index >= 15 is 0 Å². The molecule has 10 nitrogen and oxygen atoms in total. The van der Waals surface area contributed by atoms with E-state index in [-0.39, 0.29) is 22.9 Å². The van der Waals surface area contributed by atoms with Gasteiger partial charge in [0.1, 0.15) is 0 Å². The second kappa shape index (κ2) is 8.30. The minimum atomic E-state index is -0.923. The number of rotatable bonds is 6. The number of nitro groups is 1. The summed E-state index contributed by atoms with van der Waals surface area (Å²) in [6, 6.07) is 12.2. The van der Waals surface area contributed by atoms with Crippen LogP contribution in [0.4, 0.5) is 5.69 Å². The van der Waals surface area contributed by atoms with Crippen LogP contribution < -0.4 is 0 Å². The molecule has 1 heterocycles. The number of benzene rings is 2. The first kappa shape index (κ1) is 19.7. The second-order valence-electron chi connectivity index (χ2n) is 5.88. The Balaban J connectivity index is 1.81. The van der Waals surface area contributed by atoms with Crippen LogP contribution >= 0.6 is 0 Å². The highest BCUT2D eigenvalue weighted by Gasteiger charge is 2.23. The maximum atomic E-state index is 12.5. The molecule has 3 rings (SSSR count). The van der Waals surface area contributed by atoms with E-state index in [0.717, 1.165) is 25.3 Å². The average molecular weight is 397 g/mol. The molecule has 0 N–H and O–H groups in total. The third kappa shape index (κ3) is 4.43. The number of esters is 2. The van der Waals surface area contributed by atoms with E-state index in [1.54, 1.807) is 12.1 Å². The molecule has 0 saturated heterocycles. The molecule has 0 fully saturated rings. The number of aromatic nitrogens is 2. The molecule has 0 bridgehead atoms. The summed E-state index contributed by atoms with van der Waals surface area (Å²) in [5.41, 5.74) is -0.0810. The van der Waals surface area contributed by atoms with Gasteiger partial charge in [0.2, 0.25) is 5.89 Å². The number of hydrogen-bond acceptors (Lipinski definition) is 9. The van der Waals surface area contributed by atoms with Gasteiger partial charge in [-0.1, -0.05) is 18.2 Å². The Labute approximate surface area is 164 Å². The largest absolute Gasteiger partial charge is 0.465 e. The van der Waals surface area contributed by atoms with Crippen molar-refractivity contribution in [1.29, 1.82) is 0 Å². The maximum Gasteiger partial charge on any atom is 0.339 e. The summed E-state index contributed by atoms with van der Waals surface area (Å²) in [6.07, 6.45) is -0.923. The van der Waals surface area contributed by atoms with Crippen LogP contribution in [0.5, 0.6) is 0 Å². The van der Waals surface area contributed by atoms with Crippen molar-refractivity contribution < 1.29 is 28.4 Å². The molecule has 0 unspecified atom stereocenters. The molecule has 0 spiro atoms. The Hall–Kier alpha value is -4.08. The number of nitrogens with zero attached hydrogens (tertiary/aromatic N) is 3. The molecule has 10 heteroatoms. The lowest BCUT2D eigenvalue weighted by molar-refractivity contribution is -0.384. The smallest absolute Gasteiger partial charge is 0.339 e. The van der Waals surface area contributed by atoms with Gasteiger partial charge in [0, 0.05) is 17.7 Å². The number of non-ortho nitro benzene ring substituents is 1. The summed E-state index contributed by atoms with van der Waals surface area (Å²) in [7, 11) is 1.13. The summed E-state index contributed by atoms with van der Waals surface area (Å²) in [4.78, 5) is 34.5. The van der Waals surface area contributed by atoms with Crippen molar-refractivity contribution >= 4 is 17.6 Å². The predicted octanol–water partition coefficient (Wildman–Crippen LogP) is 3.35. The van der Waals surface area contributed by atoms with E-state index in [0.29, 0.717) is 5.56 Å². The highest BCUT2D eigenvalue weighted by atomic mass is 16.6. The molecular formula is C19H15N3O7. The van der Waals surface area contributed by atoms with E-state index < -0.39 is 28.7 Å². The zero-order chi connectivity index (χ0) is 21.0. The van der Waals surface area contributed by atoms with E-state index in [9.17, 15) is 19.7 Å². The third-order valence-corrected chi connectivity index (χ3v) is 3.88. The normalized spacial score (nSPS) is 11.5. The number of ether oxygens (including phenoxy) is 2. The molecule has 3 aromatic rings. The van der Waals surface area contributed by atoms with E-state index in [1.807, 2.05) is 18.2 Å². The molecule has 148 valence electrons. The van der Waals surface area contributed by atoms with Crippen LogP contribution in [-0.4, -0.2) is 34.2 Å². The van der Waals surface area contributed by atoms with Gasteiger partial charge in [0.15, 0.2) is 6.10 Å². The Morgan fingerprint density at radius 3 is 2.34 bits per heavy atom. The van der Waals surface area contributed by atoms with Crippen LogP contribution in [0, 0.1) is 10.1 Å². The molecule has 0 aliphatic carbocycles. The fraction of sp³-hybridized carbons (Fsp3) is 0.158. The molecule has 0 saturated carbocycles. The van der Waals surface area contributed by atoms with Crippen LogP contribution in [0.1, 0.15) is 39.6 Å². The summed E-state index contributed by atoms with van der Waals surface area (Å²) in [6.45, 7) is 1.51. The zero-order valence-corrected chi connectivity index (χ0v) is 15.4. The van der Waals surface area contributed by atoms with Crippen LogP contribution in [0.15, 0.2) is 52.9 Å². The van der Waals surface area contributed by atoms with Gasteiger partial charge in [-0.05, 0) is 25.1 Å². The number of carbonyl (C=O) groups is 2. The quantitative estimate of drug-likeness (QED) is 0.348. The SMILES string of the molecule is COC(=O)c1cc(C(=O)O[C@H](C)c2nnc(-c3ccccc3)o2)cc([N+](=O)[O-])c1. The van der Waals surface area contributed by atoms with Crippen molar-refractivity contribution in [2.75, 3.05) is 7.11 Å². The molecule has 1 atom stereocenters. The average Bonchev–Trinajstić information content (AvgIpc) is 3.24. The van der Waals surface area contributed by atoms with Gasteiger partial charge < -0.3 is 13.9 Å². The van der Waals surface area contributed by atoms with Crippen molar-refractivity contribution in [1.82, 2.24) is 10.2 Å². The molecule has 1 aromatic heterocycles. The molecule has 29 heavy (non-hydrogen) atoms. The molecular weight excluding hydrogens is 382 g/mol. The van der Waals surface area contributed by atoms with Crippen molar-refractivity contribution in [2.45, 2.75) is 13.0 Å². The van der Waals surface area contributed by atoms with E-state index in [4.69, 9.17) is 9.15 Å². The van der Waals surface area contributed by atoms with Gasteiger partial charge in [-0.25, -0.2) is 9.59 Å².